The lowest BCUT2D eigenvalue weighted by Crippen LogP contribution is -2.35. The molecule has 1 aromatic carbocycles. The van der Waals surface area contributed by atoms with Crippen molar-refractivity contribution in [3.05, 3.63) is 47.5 Å². The highest BCUT2D eigenvalue weighted by atomic mass is 19.1. The quantitative estimate of drug-likeness (QED) is 0.754. The van der Waals surface area contributed by atoms with Gasteiger partial charge in [-0.2, -0.15) is 5.10 Å². The molecule has 6 heteroatoms. The third kappa shape index (κ3) is 4.75. The van der Waals surface area contributed by atoms with Crippen molar-refractivity contribution in [1.29, 1.82) is 0 Å². The Morgan fingerprint density at radius 2 is 2.04 bits per heavy atom. The van der Waals surface area contributed by atoms with Crippen LogP contribution >= 0.6 is 0 Å². The molecule has 0 unspecified atom stereocenters. The van der Waals surface area contributed by atoms with E-state index in [1.54, 1.807) is 25.1 Å². The predicted octanol–water partition coefficient (Wildman–Crippen LogP) is 3.70. The second kappa shape index (κ2) is 9.13. The zero-order valence-corrected chi connectivity index (χ0v) is 16.2. The molecule has 0 radical (unpaired) electrons. The Morgan fingerprint density at radius 3 is 2.78 bits per heavy atom. The molecule has 27 heavy (non-hydrogen) atoms. The molecule has 146 valence electrons. The van der Waals surface area contributed by atoms with E-state index in [9.17, 15) is 9.18 Å². The highest BCUT2D eigenvalue weighted by Gasteiger charge is 2.18. The van der Waals surface area contributed by atoms with Crippen molar-refractivity contribution in [3.8, 4) is 5.69 Å². The van der Waals surface area contributed by atoms with E-state index in [1.165, 1.54) is 49.0 Å². The summed E-state index contributed by atoms with van der Waals surface area (Å²) in [6.45, 7) is 3.39. The van der Waals surface area contributed by atoms with Crippen molar-refractivity contribution in [3.63, 3.8) is 0 Å². The molecule has 0 aliphatic heterocycles. The Kier molecular flexibility index (Phi) is 6.61. The van der Waals surface area contributed by atoms with Gasteiger partial charge in [-0.15, -0.1) is 0 Å². The first-order valence-corrected chi connectivity index (χ1v) is 9.86. The summed E-state index contributed by atoms with van der Waals surface area (Å²) >= 11 is 0. The molecule has 2 aromatic rings. The number of hydrogen-bond donors (Lipinski definition) is 1. The van der Waals surface area contributed by atoms with Gasteiger partial charge in [-0.1, -0.05) is 31.4 Å². The SMILES string of the molecule is Cc1c(C(=O)NCCCN(C)C2CCCCC2)cnn1-c1ccccc1F. The lowest BCUT2D eigenvalue weighted by molar-refractivity contribution is 0.0950. The maximum atomic E-state index is 14.0. The van der Waals surface area contributed by atoms with Gasteiger partial charge in [0.25, 0.3) is 5.91 Å². The van der Waals surface area contributed by atoms with Gasteiger partial charge in [-0.3, -0.25) is 4.79 Å². The molecule has 0 bridgehead atoms. The Labute approximate surface area is 160 Å². The first kappa shape index (κ1) is 19.5. The van der Waals surface area contributed by atoms with Crippen molar-refractivity contribution in [2.45, 2.75) is 51.5 Å². The molecule has 3 rings (SSSR count). The summed E-state index contributed by atoms with van der Waals surface area (Å²) in [6.07, 6.45) is 9.02. The average Bonchev–Trinajstić information content (AvgIpc) is 3.07. The van der Waals surface area contributed by atoms with Crippen molar-refractivity contribution in [1.82, 2.24) is 20.0 Å². The van der Waals surface area contributed by atoms with Gasteiger partial charge in [0.15, 0.2) is 0 Å². The standard InChI is InChI=1S/C21H29FN4O/c1-16-18(15-24-26(16)20-12-7-6-11-19(20)22)21(27)23-13-8-14-25(2)17-9-4-3-5-10-17/h6-7,11-12,15,17H,3-5,8-10,13-14H2,1-2H3,(H,23,27). The van der Waals surface area contributed by atoms with Crippen LogP contribution in [0.25, 0.3) is 5.69 Å². The van der Waals surface area contributed by atoms with Crippen LogP contribution < -0.4 is 5.32 Å². The van der Waals surface area contributed by atoms with Crippen molar-refractivity contribution in [2.75, 3.05) is 20.1 Å². The van der Waals surface area contributed by atoms with E-state index in [1.807, 2.05) is 0 Å². The van der Waals surface area contributed by atoms with Crippen molar-refractivity contribution in [2.24, 2.45) is 0 Å². The number of carbonyl (C=O) groups excluding carboxylic acids is 1. The number of para-hydroxylation sites is 1. The molecular weight excluding hydrogens is 343 g/mol. The number of aromatic nitrogens is 2. The summed E-state index contributed by atoms with van der Waals surface area (Å²) in [5.74, 6) is -0.517. The molecule has 0 atom stereocenters. The summed E-state index contributed by atoms with van der Waals surface area (Å²) in [5.41, 5.74) is 1.47. The molecule has 1 N–H and O–H groups in total. The fourth-order valence-corrected chi connectivity index (χ4v) is 3.83. The van der Waals surface area contributed by atoms with Crippen LogP contribution in [-0.2, 0) is 0 Å². The second-order valence-electron chi connectivity index (χ2n) is 7.39. The zero-order valence-electron chi connectivity index (χ0n) is 16.2. The minimum Gasteiger partial charge on any atom is -0.352 e. The summed E-state index contributed by atoms with van der Waals surface area (Å²) in [6, 6.07) is 7.12. The predicted molar refractivity (Wildman–Crippen MR) is 105 cm³/mol. The maximum Gasteiger partial charge on any atom is 0.254 e. The number of nitrogens with zero attached hydrogens (tertiary/aromatic N) is 3. The van der Waals surface area contributed by atoms with Crippen LogP contribution in [0.1, 0.15) is 54.6 Å². The summed E-state index contributed by atoms with van der Waals surface area (Å²) in [4.78, 5) is 14.9. The zero-order chi connectivity index (χ0) is 19.2. The highest BCUT2D eigenvalue weighted by Crippen LogP contribution is 2.21. The number of carbonyl (C=O) groups is 1. The van der Waals surface area contributed by atoms with Crippen LogP contribution in [-0.4, -0.2) is 46.8 Å². The number of rotatable bonds is 7. The van der Waals surface area contributed by atoms with E-state index in [-0.39, 0.29) is 11.7 Å². The molecule has 1 aromatic heterocycles. The molecule has 1 aliphatic rings. The van der Waals surface area contributed by atoms with E-state index in [2.05, 4.69) is 22.4 Å². The second-order valence-corrected chi connectivity index (χ2v) is 7.39. The van der Waals surface area contributed by atoms with Crippen LogP contribution in [0.4, 0.5) is 4.39 Å². The summed E-state index contributed by atoms with van der Waals surface area (Å²) in [5, 5.41) is 7.16. The van der Waals surface area contributed by atoms with Crippen LogP contribution in [0, 0.1) is 12.7 Å². The number of halogens is 1. The molecule has 0 saturated heterocycles. The van der Waals surface area contributed by atoms with Crippen LogP contribution in [0.5, 0.6) is 0 Å². The number of benzene rings is 1. The van der Waals surface area contributed by atoms with Gasteiger partial charge in [0.1, 0.15) is 11.5 Å². The van der Waals surface area contributed by atoms with E-state index >= 15 is 0 Å². The van der Waals surface area contributed by atoms with E-state index in [4.69, 9.17) is 0 Å². The highest BCUT2D eigenvalue weighted by molar-refractivity contribution is 5.95. The molecule has 1 aliphatic carbocycles. The normalized spacial score (nSPS) is 15.3. The van der Waals surface area contributed by atoms with E-state index in [0.717, 1.165) is 13.0 Å². The average molecular weight is 372 g/mol. The minimum atomic E-state index is -0.360. The van der Waals surface area contributed by atoms with E-state index in [0.29, 0.717) is 29.5 Å². The topological polar surface area (TPSA) is 50.2 Å². The van der Waals surface area contributed by atoms with Gasteiger partial charge >= 0.3 is 0 Å². The number of nitrogens with one attached hydrogen (secondary N) is 1. The lowest BCUT2D eigenvalue weighted by atomic mass is 9.94. The van der Waals surface area contributed by atoms with Gasteiger partial charge in [0.05, 0.1) is 17.5 Å². The lowest BCUT2D eigenvalue weighted by Gasteiger charge is -2.31. The molecule has 1 heterocycles. The Morgan fingerprint density at radius 1 is 1.30 bits per heavy atom. The largest absolute Gasteiger partial charge is 0.352 e. The fourth-order valence-electron chi connectivity index (χ4n) is 3.83. The maximum absolute atomic E-state index is 14.0. The molecule has 1 fully saturated rings. The Hall–Kier alpha value is -2.21. The third-order valence-electron chi connectivity index (χ3n) is 5.51. The third-order valence-corrected chi connectivity index (χ3v) is 5.51. The smallest absolute Gasteiger partial charge is 0.254 e. The first-order valence-electron chi connectivity index (χ1n) is 9.86. The van der Waals surface area contributed by atoms with Gasteiger partial charge in [0.2, 0.25) is 0 Å². The summed E-state index contributed by atoms with van der Waals surface area (Å²) < 4.78 is 15.5. The van der Waals surface area contributed by atoms with Gasteiger partial charge in [-0.05, 0) is 51.9 Å². The van der Waals surface area contributed by atoms with E-state index < -0.39 is 0 Å². The minimum absolute atomic E-state index is 0.157. The van der Waals surface area contributed by atoms with Crippen LogP contribution in [0.3, 0.4) is 0 Å². The van der Waals surface area contributed by atoms with Crippen LogP contribution in [0.15, 0.2) is 30.5 Å². The van der Waals surface area contributed by atoms with Crippen molar-refractivity contribution >= 4 is 5.91 Å². The summed E-state index contributed by atoms with van der Waals surface area (Å²) in [7, 11) is 2.18. The fraction of sp³-hybridized carbons (Fsp3) is 0.524. The van der Waals surface area contributed by atoms with Gasteiger partial charge in [-0.25, -0.2) is 9.07 Å². The first-order chi connectivity index (χ1) is 13.1. The van der Waals surface area contributed by atoms with Gasteiger partial charge < -0.3 is 10.2 Å². The Balaban J connectivity index is 1.51. The van der Waals surface area contributed by atoms with Crippen LogP contribution in [0.2, 0.25) is 0 Å². The molecule has 1 amide bonds. The van der Waals surface area contributed by atoms with Gasteiger partial charge in [0, 0.05) is 12.6 Å². The Bertz CT molecular complexity index is 767. The number of hydrogen-bond acceptors (Lipinski definition) is 3. The number of amides is 1. The molecule has 0 spiro atoms. The molecule has 5 nitrogen and oxygen atoms in total. The van der Waals surface area contributed by atoms with Crippen molar-refractivity contribution < 1.29 is 9.18 Å². The monoisotopic (exact) mass is 372 g/mol. The molecular formula is C21H29FN4O. The molecule has 1 saturated carbocycles.